The Kier molecular flexibility index (Phi) is 6.82. The smallest absolute Gasteiger partial charge is 0.268 e. The van der Waals surface area contributed by atoms with Crippen LogP contribution in [0.2, 0.25) is 15.1 Å². The molecule has 172 valence electrons. The van der Waals surface area contributed by atoms with Crippen LogP contribution in [0.5, 0.6) is 0 Å². The highest BCUT2D eigenvalue weighted by atomic mass is 35.5. The van der Waals surface area contributed by atoms with E-state index in [9.17, 15) is 0 Å². The Morgan fingerprint density at radius 1 is 1.00 bits per heavy atom. The molecule has 0 amide bonds. The number of aromatic nitrogens is 4. The molecule has 4 aromatic rings. The molecule has 4 rings (SSSR count). The molecule has 0 N–H and O–H groups in total. The minimum Gasteiger partial charge on any atom is -0.416 e. The molecule has 0 saturated carbocycles. The standard InChI is InChI=1S/C24H23Cl3N4O2/c1-5-12-32-24(3,4)23-29-28-22(33-23)20-14(2)21(15-6-8-16(25)9-7-15)31(30-20)19-11-10-17(26)13-18(19)27/h6-11,13H,5,12H2,1-4H3. The van der Waals surface area contributed by atoms with E-state index in [0.717, 1.165) is 23.2 Å². The lowest BCUT2D eigenvalue weighted by Crippen LogP contribution is -2.22. The number of hydrogen-bond donors (Lipinski definition) is 0. The van der Waals surface area contributed by atoms with E-state index >= 15 is 0 Å². The van der Waals surface area contributed by atoms with E-state index in [0.29, 0.717) is 44.8 Å². The Morgan fingerprint density at radius 3 is 2.36 bits per heavy atom. The van der Waals surface area contributed by atoms with E-state index in [1.54, 1.807) is 16.8 Å². The molecule has 33 heavy (non-hydrogen) atoms. The summed E-state index contributed by atoms with van der Waals surface area (Å²) in [4.78, 5) is 0. The van der Waals surface area contributed by atoms with Crippen LogP contribution in [0.3, 0.4) is 0 Å². The number of nitrogens with zero attached hydrogens (tertiary/aromatic N) is 4. The molecule has 0 fully saturated rings. The molecule has 0 saturated heterocycles. The Balaban J connectivity index is 1.87. The van der Waals surface area contributed by atoms with Crippen molar-refractivity contribution in [2.45, 2.75) is 39.7 Å². The van der Waals surface area contributed by atoms with Crippen LogP contribution in [-0.4, -0.2) is 26.6 Å². The van der Waals surface area contributed by atoms with Crippen LogP contribution >= 0.6 is 34.8 Å². The second-order valence-corrected chi connectivity index (χ2v) is 9.39. The van der Waals surface area contributed by atoms with E-state index in [1.807, 2.05) is 58.0 Å². The Bertz CT molecular complexity index is 1280. The monoisotopic (exact) mass is 504 g/mol. The van der Waals surface area contributed by atoms with E-state index in [-0.39, 0.29) is 0 Å². The Morgan fingerprint density at radius 2 is 1.70 bits per heavy atom. The quantitative estimate of drug-likeness (QED) is 0.260. The summed E-state index contributed by atoms with van der Waals surface area (Å²) in [6.45, 7) is 8.39. The predicted molar refractivity (Wildman–Crippen MR) is 131 cm³/mol. The summed E-state index contributed by atoms with van der Waals surface area (Å²) < 4.78 is 13.7. The van der Waals surface area contributed by atoms with Crippen LogP contribution in [0.1, 0.15) is 38.6 Å². The van der Waals surface area contributed by atoms with E-state index in [2.05, 4.69) is 10.2 Å². The molecule has 0 aliphatic heterocycles. The van der Waals surface area contributed by atoms with Crippen LogP contribution in [-0.2, 0) is 10.3 Å². The largest absolute Gasteiger partial charge is 0.416 e. The van der Waals surface area contributed by atoms with Gasteiger partial charge in [-0.05, 0) is 57.5 Å². The summed E-state index contributed by atoms with van der Waals surface area (Å²) >= 11 is 18.8. The average molecular weight is 506 g/mol. The molecule has 0 aliphatic rings. The molecule has 6 nitrogen and oxygen atoms in total. The SMILES string of the molecule is CCCOC(C)(C)c1nnc(-c2nn(-c3ccc(Cl)cc3Cl)c(-c3ccc(Cl)cc3)c2C)o1. The van der Waals surface area contributed by atoms with Gasteiger partial charge in [0.15, 0.2) is 5.69 Å². The topological polar surface area (TPSA) is 66.0 Å². The third kappa shape index (κ3) is 4.80. The summed E-state index contributed by atoms with van der Waals surface area (Å²) in [6, 6.07) is 12.8. The molecule has 9 heteroatoms. The van der Waals surface area contributed by atoms with Crippen molar-refractivity contribution in [3.8, 4) is 28.5 Å². The summed E-state index contributed by atoms with van der Waals surface area (Å²) in [5, 5.41) is 15.0. The van der Waals surface area contributed by atoms with Crippen molar-refractivity contribution in [2.75, 3.05) is 6.61 Å². The van der Waals surface area contributed by atoms with Crippen LogP contribution < -0.4 is 0 Å². The normalized spacial score (nSPS) is 11.8. The van der Waals surface area contributed by atoms with E-state index < -0.39 is 5.60 Å². The van der Waals surface area contributed by atoms with Gasteiger partial charge in [-0.25, -0.2) is 4.68 Å². The van der Waals surface area contributed by atoms with Crippen molar-refractivity contribution >= 4 is 34.8 Å². The van der Waals surface area contributed by atoms with Gasteiger partial charge in [0, 0.05) is 27.8 Å². The number of hydrogen-bond acceptors (Lipinski definition) is 5. The van der Waals surface area contributed by atoms with Crippen LogP contribution in [0.4, 0.5) is 0 Å². The Hall–Kier alpha value is -2.38. The van der Waals surface area contributed by atoms with Gasteiger partial charge in [0.2, 0.25) is 5.89 Å². The van der Waals surface area contributed by atoms with Crippen molar-refractivity contribution in [3.63, 3.8) is 0 Å². The zero-order valence-corrected chi connectivity index (χ0v) is 21.0. The molecular weight excluding hydrogens is 483 g/mol. The maximum atomic E-state index is 6.53. The number of halogens is 3. The molecule has 0 bridgehead atoms. The lowest BCUT2D eigenvalue weighted by molar-refractivity contribution is -0.0399. The predicted octanol–water partition coefficient (Wildman–Crippen LogP) is 7.52. The third-order valence-electron chi connectivity index (χ3n) is 5.19. The van der Waals surface area contributed by atoms with Gasteiger partial charge in [0.05, 0.1) is 16.4 Å². The van der Waals surface area contributed by atoms with Crippen molar-refractivity contribution < 1.29 is 9.15 Å². The van der Waals surface area contributed by atoms with Gasteiger partial charge < -0.3 is 9.15 Å². The fourth-order valence-electron chi connectivity index (χ4n) is 3.45. The highest BCUT2D eigenvalue weighted by Crippen LogP contribution is 2.37. The maximum absolute atomic E-state index is 6.53. The molecule has 2 aromatic carbocycles. The van der Waals surface area contributed by atoms with Gasteiger partial charge in [-0.2, -0.15) is 5.10 Å². The fourth-order valence-corrected chi connectivity index (χ4v) is 4.07. The second-order valence-electron chi connectivity index (χ2n) is 8.11. The maximum Gasteiger partial charge on any atom is 0.268 e. The molecule has 0 atom stereocenters. The number of benzene rings is 2. The second kappa shape index (κ2) is 9.47. The first-order valence-electron chi connectivity index (χ1n) is 10.5. The van der Waals surface area contributed by atoms with Crippen molar-refractivity contribution in [2.24, 2.45) is 0 Å². The van der Waals surface area contributed by atoms with Gasteiger partial charge in [0.1, 0.15) is 5.60 Å². The van der Waals surface area contributed by atoms with E-state index in [1.165, 1.54) is 0 Å². The highest BCUT2D eigenvalue weighted by molar-refractivity contribution is 6.35. The highest BCUT2D eigenvalue weighted by Gasteiger charge is 2.30. The van der Waals surface area contributed by atoms with Gasteiger partial charge in [-0.1, -0.05) is 53.9 Å². The molecule has 0 aliphatic carbocycles. The lowest BCUT2D eigenvalue weighted by Gasteiger charge is -2.20. The van der Waals surface area contributed by atoms with Crippen LogP contribution in [0, 0.1) is 6.92 Å². The van der Waals surface area contributed by atoms with Crippen molar-refractivity contribution in [1.29, 1.82) is 0 Å². The molecular formula is C24H23Cl3N4O2. The van der Waals surface area contributed by atoms with Crippen molar-refractivity contribution in [1.82, 2.24) is 20.0 Å². The van der Waals surface area contributed by atoms with Crippen LogP contribution in [0.25, 0.3) is 28.5 Å². The zero-order chi connectivity index (χ0) is 23.8. The van der Waals surface area contributed by atoms with Gasteiger partial charge in [-0.15, -0.1) is 10.2 Å². The van der Waals surface area contributed by atoms with E-state index in [4.69, 9.17) is 49.1 Å². The third-order valence-corrected chi connectivity index (χ3v) is 5.98. The first-order chi connectivity index (χ1) is 15.7. The first-order valence-corrected chi connectivity index (χ1v) is 11.6. The number of rotatable bonds is 7. The summed E-state index contributed by atoms with van der Waals surface area (Å²) in [5.74, 6) is 0.687. The zero-order valence-electron chi connectivity index (χ0n) is 18.7. The Labute approximate surface area is 207 Å². The molecule has 0 spiro atoms. The van der Waals surface area contributed by atoms with Gasteiger partial charge in [0.25, 0.3) is 5.89 Å². The lowest BCUT2D eigenvalue weighted by atomic mass is 10.1. The van der Waals surface area contributed by atoms with Crippen molar-refractivity contribution in [3.05, 3.63) is 69.0 Å². The fraction of sp³-hybridized carbons (Fsp3) is 0.292. The summed E-state index contributed by atoms with van der Waals surface area (Å²) in [5.41, 5.74) is 3.10. The van der Waals surface area contributed by atoms with Crippen LogP contribution in [0.15, 0.2) is 46.9 Å². The first kappa shape index (κ1) is 23.8. The molecule has 0 unspecified atom stereocenters. The van der Waals surface area contributed by atoms with Gasteiger partial charge >= 0.3 is 0 Å². The minimum absolute atomic E-state index is 0.301. The molecule has 2 heterocycles. The molecule has 0 radical (unpaired) electrons. The average Bonchev–Trinajstić information content (AvgIpc) is 3.39. The minimum atomic E-state index is -0.712. The molecule has 2 aromatic heterocycles. The van der Waals surface area contributed by atoms with Gasteiger partial charge in [-0.3, -0.25) is 0 Å². The summed E-state index contributed by atoms with van der Waals surface area (Å²) in [6.07, 6.45) is 0.889. The number of ether oxygens (including phenoxy) is 1. The summed E-state index contributed by atoms with van der Waals surface area (Å²) in [7, 11) is 0.